The summed E-state index contributed by atoms with van der Waals surface area (Å²) in [6.07, 6.45) is 6.66. The number of nitrogens with one attached hydrogen (secondary N) is 1. The Morgan fingerprint density at radius 3 is 2.64 bits per heavy atom. The molecule has 7 aromatic rings. The Hall–Kier alpha value is -6.53. The van der Waals surface area contributed by atoms with Crippen molar-refractivity contribution < 1.29 is 14.6 Å². The number of anilines is 2. The monoisotopic (exact) mass is 663 g/mol. The van der Waals surface area contributed by atoms with Crippen LogP contribution in [0.3, 0.4) is 0 Å². The van der Waals surface area contributed by atoms with E-state index in [1.165, 1.54) is 0 Å². The van der Waals surface area contributed by atoms with Crippen LogP contribution in [0.4, 0.5) is 11.5 Å². The van der Waals surface area contributed by atoms with Crippen molar-refractivity contribution in [2.45, 2.75) is 32.1 Å². The van der Waals surface area contributed by atoms with Gasteiger partial charge in [0.25, 0.3) is 5.91 Å². The number of aryl methyl sites for hydroxylation is 1. The van der Waals surface area contributed by atoms with Crippen LogP contribution in [0.15, 0.2) is 110 Å². The molecule has 50 heavy (non-hydrogen) atoms. The summed E-state index contributed by atoms with van der Waals surface area (Å²) in [6, 6.07) is 28.2. The molecule has 1 unspecified atom stereocenters. The van der Waals surface area contributed by atoms with Gasteiger partial charge in [0, 0.05) is 41.6 Å². The number of nitrogen functional groups attached to an aromatic ring is 2. The maximum absolute atomic E-state index is 13.6. The molecule has 0 aliphatic heterocycles. The molecule has 1 atom stereocenters. The van der Waals surface area contributed by atoms with Crippen LogP contribution in [0, 0.1) is 0 Å². The minimum atomic E-state index is -0.320. The minimum Gasteiger partial charge on any atom is -0.488 e. The molecule has 248 valence electrons. The SMILES string of the molecule is Nc1cc(OCc2ccccc2)c(CO)cc1C(=O)NC1CCc2cc(-n3c(-c4cccnc4N)nc4ccc(-n5cccn5)nc43)ccc21. The van der Waals surface area contributed by atoms with Crippen molar-refractivity contribution in [3.05, 3.63) is 137 Å². The van der Waals surface area contributed by atoms with Crippen molar-refractivity contribution >= 4 is 28.6 Å². The molecule has 1 amide bonds. The number of amides is 1. The average molecular weight is 664 g/mol. The number of hydrogen-bond donors (Lipinski definition) is 4. The highest BCUT2D eigenvalue weighted by Gasteiger charge is 2.27. The number of aliphatic hydroxyl groups is 1. The Bertz CT molecular complexity index is 2350. The number of nitrogens with zero attached hydrogens (tertiary/aromatic N) is 6. The van der Waals surface area contributed by atoms with Gasteiger partial charge in [-0.05, 0) is 78.1 Å². The van der Waals surface area contributed by atoms with Crippen LogP contribution in [0.5, 0.6) is 5.75 Å². The summed E-state index contributed by atoms with van der Waals surface area (Å²) in [7, 11) is 0. The number of carbonyl (C=O) groups is 1. The normalized spacial score (nSPS) is 13.7. The second-order valence-electron chi connectivity index (χ2n) is 12.1. The number of benzene rings is 3. The summed E-state index contributed by atoms with van der Waals surface area (Å²) in [4.78, 5) is 27.8. The summed E-state index contributed by atoms with van der Waals surface area (Å²) in [5.41, 5.74) is 19.7. The molecule has 12 nitrogen and oxygen atoms in total. The Labute approximate surface area is 287 Å². The lowest BCUT2D eigenvalue weighted by Crippen LogP contribution is -2.28. The van der Waals surface area contributed by atoms with E-state index in [0.29, 0.717) is 58.5 Å². The fourth-order valence-corrected chi connectivity index (χ4v) is 6.47. The number of aromatic nitrogens is 6. The molecule has 12 heteroatoms. The number of fused-ring (bicyclic) bond motifs is 2. The number of ether oxygens (including phenoxy) is 1. The summed E-state index contributed by atoms with van der Waals surface area (Å²) in [5, 5.41) is 17.6. The second-order valence-corrected chi connectivity index (χ2v) is 12.1. The van der Waals surface area contributed by atoms with Gasteiger partial charge in [0.05, 0.1) is 23.8 Å². The third-order valence-corrected chi connectivity index (χ3v) is 8.96. The van der Waals surface area contributed by atoms with E-state index in [4.69, 9.17) is 26.2 Å². The predicted octanol–water partition coefficient (Wildman–Crippen LogP) is 5.32. The molecule has 1 aliphatic carbocycles. The topological polar surface area (TPSA) is 172 Å². The van der Waals surface area contributed by atoms with Crippen LogP contribution >= 0.6 is 0 Å². The number of aliphatic hydroxyl groups excluding tert-OH is 1. The smallest absolute Gasteiger partial charge is 0.253 e. The van der Waals surface area contributed by atoms with Crippen molar-refractivity contribution in [1.82, 2.24) is 34.6 Å². The van der Waals surface area contributed by atoms with Crippen LogP contribution in [-0.4, -0.2) is 40.3 Å². The van der Waals surface area contributed by atoms with Gasteiger partial charge in [-0.3, -0.25) is 9.36 Å². The Balaban J connectivity index is 1.09. The number of pyridine rings is 2. The Kier molecular flexibility index (Phi) is 7.89. The first-order valence-electron chi connectivity index (χ1n) is 16.2. The van der Waals surface area contributed by atoms with Gasteiger partial charge in [-0.15, -0.1) is 0 Å². The lowest BCUT2D eigenvalue weighted by molar-refractivity contribution is 0.0937. The molecule has 6 N–H and O–H groups in total. The van der Waals surface area contributed by atoms with E-state index in [0.717, 1.165) is 28.8 Å². The highest BCUT2D eigenvalue weighted by Crippen LogP contribution is 2.36. The van der Waals surface area contributed by atoms with Crippen LogP contribution in [0.1, 0.15) is 45.1 Å². The molecule has 0 saturated heterocycles. The molecule has 0 saturated carbocycles. The second kappa shape index (κ2) is 12.8. The van der Waals surface area contributed by atoms with E-state index < -0.39 is 0 Å². The van der Waals surface area contributed by atoms with E-state index in [1.54, 1.807) is 29.2 Å². The van der Waals surface area contributed by atoms with E-state index in [9.17, 15) is 9.90 Å². The number of nitrogens with two attached hydrogens (primary N) is 2. The number of hydrogen-bond acceptors (Lipinski definition) is 9. The summed E-state index contributed by atoms with van der Waals surface area (Å²) in [6.45, 7) is 0.0147. The first kappa shape index (κ1) is 30.8. The van der Waals surface area contributed by atoms with E-state index >= 15 is 0 Å². The fraction of sp³-hybridized carbons (Fsp3) is 0.132. The maximum Gasteiger partial charge on any atom is 0.253 e. The molecular formula is C38H33N9O3. The maximum atomic E-state index is 13.6. The lowest BCUT2D eigenvalue weighted by atomic mass is 10.0. The molecule has 4 heterocycles. The summed E-state index contributed by atoms with van der Waals surface area (Å²) in [5.74, 6) is 1.75. The van der Waals surface area contributed by atoms with Gasteiger partial charge in [-0.1, -0.05) is 36.4 Å². The predicted molar refractivity (Wildman–Crippen MR) is 190 cm³/mol. The van der Waals surface area contributed by atoms with Gasteiger partial charge < -0.3 is 26.6 Å². The number of carbonyl (C=O) groups excluding carboxylic acids is 1. The number of rotatable bonds is 9. The molecule has 3 aromatic carbocycles. The largest absolute Gasteiger partial charge is 0.488 e. The van der Waals surface area contributed by atoms with Gasteiger partial charge >= 0.3 is 0 Å². The van der Waals surface area contributed by atoms with Gasteiger partial charge in [-0.2, -0.15) is 5.10 Å². The Morgan fingerprint density at radius 2 is 1.84 bits per heavy atom. The van der Waals surface area contributed by atoms with Crippen LogP contribution in [0.2, 0.25) is 0 Å². The molecule has 0 spiro atoms. The molecule has 1 aliphatic rings. The van der Waals surface area contributed by atoms with Gasteiger partial charge in [0.2, 0.25) is 0 Å². The quantitative estimate of drug-likeness (QED) is 0.149. The van der Waals surface area contributed by atoms with Crippen LogP contribution in [-0.2, 0) is 19.6 Å². The first-order chi connectivity index (χ1) is 24.5. The van der Waals surface area contributed by atoms with Crippen LogP contribution < -0.4 is 21.5 Å². The van der Waals surface area contributed by atoms with Gasteiger partial charge in [-0.25, -0.2) is 19.6 Å². The third-order valence-electron chi connectivity index (χ3n) is 8.96. The molecule has 4 aromatic heterocycles. The highest BCUT2D eigenvalue weighted by molar-refractivity contribution is 6.00. The fourth-order valence-electron chi connectivity index (χ4n) is 6.47. The summed E-state index contributed by atoms with van der Waals surface area (Å²) < 4.78 is 9.64. The number of imidazole rings is 1. The van der Waals surface area contributed by atoms with E-state index in [-0.39, 0.29) is 29.8 Å². The molecule has 0 radical (unpaired) electrons. The van der Waals surface area contributed by atoms with E-state index in [2.05, 4.69) is 21.5 Å². The average Bonchev–Trinajstić information content (AvgIpc) is 3.90. The van der Waals surface area contributed by atoms with Gasteiger partial charge in [0.1, 0.15) is 23.7 Å². The summed E-state index contributed by atoms with van der Waals surface area (Å²) >= 11 is 0. The van der Waals surface area contributed by atoms with Crippen molar-refractivity contribution in [3.8, 4) is 28.6 Å². The van der Waals surface area contributed by atoms with Crippen molar-refractivity contribution in [2.24, 2.45) is 0 Å². The molecule has 0 bridgehead atoms. The molecular weight excluding hydrogens is 630 g/mol. The minimum absolute atomic E-state index is 0.227. The first-order valence-corrected chi connectivity index (χ1v) is 16.2. The zero-order chi connectivity index (χ0) is 34.2. The highest BCUT2D eigenvalue weighted by atomic mass is 16.5. The van der Waals surface area contributed by atoms with Crippen molar-refractivity contribution in [1.29, 1.82) is 0 Å². The van der Waals surface area contributed by atoms with Crippen molar-refractivity contribution in [2.75, 3.05) is 11.5 Å². The lowest BCUT2D eigenvalue weighted by Gasteiger charge is -2.18. The zero-order valence-electron chi connectivity index (χ0n) is 26.9. The standard InChI is InChI=1S/C38H33N9O3/c39-30-20-33(50-22-23-6-2-1-3-7-23)25(21-48)19-29(30)38(49)44-31-12-9-24-18-26(10-11-27(24)31)47-36(28-8-4-15-41-35(28)40)43-32-13-14-34(45-37(32)47)46-17-5-16-42-46/h1-8,10-11,13-20,31,48H,9,12,21-22,39H2,(H2,40,41)(H,44,49). The molecule has 0 fully saturated rings. The van der Waals surface area contributed by atoms with Gasteiger partial charge in [0.15, 0.2) is 17.3 Å². The van der Waals surface area contributed by atoms with E-state index in [1.807, 2.05) is 83.6 Å². The zero-order valence-corrected chi connectivity index (χ0v) is 26.9. The van der Waals surface area contributed by atoms with Crippen molar-refractivity contribution in [3.63, 3.8) is 0 Å². The van der Waals surface area contributed by atoms with Crippen LogP contribution in [0.25, 0.3) is 34.1 Å². The molecule has 8 rings (SSSR count). The Morgan fingerprint density at radius 1 is 0.960 bits per heavy atom. The third kappa shape index (κ3) is 5.67.